The van der Waals surface area contributed by atoms with Crippen molar-refractivity contribution in [1.82, 2.24) is 0 Å². The minimum atomic E-state index is -0.999. The van der Waals surface area contributed by atoms with E-state index < -0.39 is 17.7 Å². The Hall–Kier alpha value is -0.970. The molecule has 1 unspecified atom stereocenters. The second-order valence-electron chi connectivity index (χ2n) is 4.10. The van der Waals surface area contributed by atoms with Gasteiger partial charge >= 0.3 is 0 Å². The molecule has 5 heteroatoms. The number of aliphatic hydroxyl groups is 1. The third-order valence-corrected chi connectivity index (χ3v) is 4.07. The Labute approximate surface area is 123 Å². The average molecular weight is 348 g/mol. The smallest absolute Gasteiger partial charge is 0.126 e. The predicted octanol–water partition coefficient (Wildman–Crippen LogP) is 4.66. The zero-order chi connectivity index (χ0) is 14.0. The molecule has 0 saturated carbocycles. The van der Waals surface area contributed by atoms with Crippen LogP contribution in [-0.4, -0.2) is 5.11 Å². The summed E-state index contributed by atoms with van der Waals surface area (Å²) in [5.41, 5.74) is 0.586. The Morgan fingerprint density at radius 1 is 1.21 bits per heavy atom. The fraction of sp³-hybridized carbons (Fsp3) is 0.143. The van der Waals surface area contributed by atoms with E-state index in [1.54, 1.807) is 18.2 Å². The molecule has 0 fully saturated rings. The van der Waals surface area contributed by atoms with Crippen LogP contribution in [0.25, 0.3) is 0 Å². The molecule has 100 valence electrons. The van der Waals surface area contributed by atoms with Gasteiger partial charge in [0.2, 0.25) is 0 Å². The van der Waals surface area contributed by atoms with Crippen molar-refractivity contribution in [3.05, 3.63) is 68.7 Å². The molecule has 0 aliphatic heterocycles. The van der Waals surface area contributed by atoms with Gasteiger partial charge in [0.15, 0.2) is 0 Å². The van der Waals surface area contributed by atoms with Gasteiger partial charge in [0.05, 0.1) is 11.1 Å². The third kappa shape index (κ3) is 3.32. The Kier molecular flexibility index (Phi) is 4.55. The average Bonchev–Trinajstić information content (AvgIpc) is 2.37. The van der Waals surface area contributed by atoms with Crippen LogP contribution in [0, 0.1) is 11.6 Å². The first kappa shape index (κ1) is 14.4. The van der Waals surface area contributed by atoms with Crippen molar-refractivity contribution in [2.75, 3.05) is 0 Å². The number of halogens is 4. The van der Waals surface area contributed by atoms with Crippen molar-refractivity contribution in [3.8, 4) is 0 Å². The van der Waals surface area contributed by atoms with Crippen LogP contribution < -0.4 is 0 Å². The molecular formula is C14H10BrClF2O. The van der Waals surface area contributed by atoms with Gasteiger partial charge in [0, 0.05) is 16.5 Å². The lowest BCUT2D eigenvalue weighted by molar-refractivity contribution is 0.177. The molecule has 19 heavy (non-hydrogen) atoms. The molecule has 0 aliphatic carbocycles. The summed E-state index contributed by atoms with van der Waals surface area (Å²) in [6.07, 6.45) is -1.04. The lowest BCUT2D eigenvalue weighted by atomic mass is 10.0. The highest BCUT2D eigenvalue weighted by Gasteiger charge is 2.16. The third-order valence-electron chi connectivity index (χ3n) is 2.76. The van der Waals surface area contributed by atoms with Gasteiger partial charge in [-0.3, -0.25) is 0 Å². The molecule has 0 radical (unpaired) electrons. The van der Waals surface area contributed by atoms with E-state index in [0.717, 1.165) is 18.2 Å². The van der Waals surface area contributed by atoms with Crippen LogP contribution in [-0.2, 0) is 6.42 Å². The quantitative estimate of drug-likeness (QED) is 0.856. The fourth-order valence-electron chi connectivity index (χ4n) is 1.80. The minimum absolute atomic E-state index is 0.0419. The van der Waals surface area contributed by atoms with Crippen LogP contribution >= 0.6 is 27.5 Å². The van der Waals surface area contributed by atoms with Crippen molar-refractivity contribution in [1.29, 1.82) is 0 Å². The molecule has 0 spiro atoms. The Morgan fingerprint density at radius 3 is 2.68 bits per heavy atom. The maximum absolute atomic E-state index is 13.5. The van der Waals surface area contributed by atoms with Gasteiger partial charge in [0.25, 0.3) is 0 Å². The van der Waals surface area contributed by atoms with Gasteiger partial charge in [-0.2, -0.15) is 0 Å². The van der Waals surface area contributed by atoms with E-state index in [2.05, 4.69) is 15.9 Å². The summed E-state index contributed by atoms with van der Waals surface area (Å²) >= 11 is 9.30. The van der Waals surface area contributed by atoms with Gasteiger partial charge in [-0.05, 0) is 45.8 Å². The van der Waals surface area contributed by atoms with Gasteiger partial charge in [0.1, 0.15) is 11.6 Å². The lowest BCUT2D eigenvalue weighted by Gasteiger charge is -2.14. The predicted molar refractivity (Wildman–Crippen MR) is 74.2 cm³/mol. The van der Waals surface area contributed by atoms with Gasteiger partial charge in [-0.15, -0.1) is 0 Å². The van der Waals surface area contributed by atoms with Crippen molar-refractivity contribution < 1.29 is 13.9 Å². The molecule has 1 atom stereocenters. The van der Waals surface area contributed by atoms with E-state index in [1.165, 1.54) is 0 Å². The van der Waals surface area contributed by atoms with Crippen LogP contribution in [0.2, 0.25) is 5.02 Å². The van der Waals surface area contributed by atoms with Crippen LogP contribution in [0.4, 0.5) is 8.78 Å². The maximum Gasteiger partial charge on any atom is 0.126 e. The highest BCUT2D eigenvalue weighted by molar-refractivity contribution is 9.10. The van der Waals surface area contributed by atoms with Crippen molar-refractivity contribution >= 4 is 27.5 Å². The molecule has 0 amide bonds. The molecule has 2 aromatic carbocycles. The monoisotopic (exact) mass is 346 g/mol. The van der Waals surface area contributed by atoms with E-state index in [0.29, 0.717) is 15.1 Å². The van der Waals surface area contributed by atoms with Crippen LogP contribution in [0.1, 0.15) is 17.2 Å². The number of hydrogen-bond acceptors (Lipinski definition) is 1. The number of aliphatic hydroxyl groups excluding tert-OH is 1. The molecule has 2 aromatic rings. The molecular weight excluding hydrogens is 338 g/mol. The Morgan fingerprint density at radius 2 is 1.95 bits per heavy atom. The van der Waals surface area contributed by atoms with Crippen molar-refractivity contribution in [2.24, 2.45) is 0 Å². The van der Waals surface area contributed by atoms with E-state index in [1.807, 2.05) is 0 Å². The molecule has 0 bridgehead atoms. The molecule has 0 saturated heterocycles. The highest BCUT2D eigenvalue weighted by atomic mass is 79.9. The van der Waals surface area contributed by atoms with Gasteiger partial charge in [-0.25, -0.2) is 8.78 Å². The number of hydrogen-bond donors (Lipinski definition) is 1. The molecule has 2 rings (SSSR count). The number of benzene rings is 2. The largest absolute Gasteiger partial charge is 0.388 e. The zero-order valence-corrected chi connectivity index (χ0v) is 12.0. The summed E-state index contributed by atoms with van der Waals surface area (Å²) < 4.78 is 27.2. The second kappa shape index (κ2) is 5.99. The summed E-state index contributed by atoms with van der Waals surface area (Å²) in [5, 5.41) is 10.5. The van der Waals surface area contributed by atoms with Gasteiger partial charge < -0.3 is 5.11 Å². The van der Waals surface area contributed by atoms with Crippen LogP contribution in [0.5, 0.6) is 0 Å². The normalized spacial score (nSPS) is 12.5. The van der Waals surface area contributed by atoms with E-state index in [-0.39, 0.29) is 12.0 Å². The molecule has 0 aromatic heterocycles. The Balaban J connectivity index is 2.28. The molecule has 0 heterocycles. The highest BCUT2D eigenvalue weighted by Crippen LogP contribution is 2.32. The fourth-order valence-corrected chi connectivity index (χ4v) is 2.43. The zero-order valence-electron chi connectivity index (χ0n) is 9.71. The second-order valence-corrected chi connectivity index (χ2v) is 5.33. The van der Waals surface area contributed by atoms with Gasteiger partial charge in [-0.1, -0.05) is 23.7 Å². The summed E-state index contributed by atoms with van der Waals surface area (Å²) in [6, 6.07) is 8.26. The topological polar surface area (TPSA) is 20.2 Å². The first-order valence-corrected chi connectivity index (χ1v) is 6.72. The first-order chi connectivity index (χ1) is 8.99. The number of rotatable bonds is 3. The van der Waals surface area contributed by atoms with Crippen LogP contribution in [0.3, 0.4) is 0 Å². The van der Waals surface area contributed by atoms with Crippen LogP contribution in [0.15, 0.2) is 40.9 Å². The lowest BCUT2D eigenvalue weighted by Crippen LogP contribution is -2.05. The van der Waals surface area contributed by atoms with E-state index in [4.69, 9.17) is 11.6 Å². The van der Waals surface area contributed by atoms with Crippen molar-refractivity contribution in [3.63, 3.8) is 0 Å². The summed E-state index contributed by atoms with van der Waals surface area (Å²) in [6.45, 7) is 0. The maximum atomic E-state index is 13.5. The van der Waals surface area contributed by atoms with E-state index in [9.17, 15) is 13.9 Å². The molecule has 1 nitrogen and oxygen atoms in total. The standard InChI is InChI=1S/C14H10BrClF2O/c15-11-3-1-2-10(14(11)16)13(19)7-8-6-9(17)4-5-12(8)18/h1-6,13,19H,7H2. The van der Waals surface area contributed by atoms with Crippen molar-refractivity contribution in [2.45, 2.75) is 12.5 Å². The summed E-state index contributed by atoms with van der Waals surface area (Å²) in [5.74, 6) is -1.09. The minimum Gasteiger partial charge on any atom is -0.388 e. The summed E-state index contributed by atoms with van der Waals surface area (Å²) in [7, 11) is 0. The first-order valence-electron chi connectivity index (χ1n) is 5.55. The Bertz CT molecular complexity index is 604. The summed E-state index contributed by atoms with van der Waals surface area (Å²) in [4.78, 5) is 0. The van der Waals surface area contributed by atoms with E-state index >= 15 is 0 Å². The molecule has 0 aliphatic rings. The molecule has 1 N–H and O–H groups in total. The SMILES string of the molecule is OC(Cc1cc(F)ccc1F)c1cccc(Br)c1Cl.